The predicted octanol–water partition coefficient (Wildman–Crippen LogP) is 3.11. The van der Waals surface area contributed by atoms with E-state index >= 15 is 0 Å². The third kappa shape index (κ3) is 3.44. The van der Waals surface area contributed by atoms with Crippen molar-refractivity contribution in [1.29, 1.82) is 0 Å². The fourth-order valence-electron chi connectivity index (χ4n) is 5.06. The summed E-state index contributed by atoms with van der Waals surface area (Å²) in [6.45, 7) is 4.83. The van der Waals surface area contributed by atoms with E-state index in [0.29, 0.717) is 36.4 Å². The van der Waals surface area contributed by atoms with Crippen LogP contribution in [0.1, 0.15) is 48.8 Å². The van der Waals surface area contributed by atoms with E-state index < -0.39 is 11.2 Å². The van der Waals surface area contributed by atoms with Crippen LogP contribution in [0.5, 0.6) is 5.75 Å². The summed E-state index contributed by atoms with van der Waals surface area (Å²) in [5.41, 5.74) is 1.39. The van der Waals surface area contributed by atoms with Crippen LogP contribution in [0.15, 0.2) is 21.3 Å². The molecule has 2 atom stereocenters. The highest BCUT2D eigenvalue weighted by Gasteiger charge is 2.43. The first kappa shape index (κ1) is 20.0. The first-order valence-electron chi connectivity index (χ1n) is 10.4. The van der Waals surface area contributed by atoms with Crippen LogP contribution in [-0.2, 0) is 11.2 Å². The van der Waals surface area contributed by atoms with Gasteiger partial charge in [-0.05, 0) is 50.8 Å². The molecule has 2 heterocycles. The van der Waals surface area contributed by atoms with Gasteiger partial charge in [0.2, 0.25) is 5.91 Å². The number of aryl methyl sites for hydroxylation is 2. The summed E-state index contributed by atoms with van der Waals surface area (Å²) in [5, 5.41) is 11.7. The lowest BCUT2D eigenvalue weighted by molar-refractivity contribution is -0.142. The number of aliphatic hydroxyl groups is 1. The second kappa shape index (κ2) is 7.48. The number of fused-ring (bicyclic) bond motifs is 2. The summed E-state index contributed by atoms with van der Waals surface area (Å²) in [7, 11) is 1.58. The molecule has 1 amide bonds. The zero-order valence-corrected chi connectivity index (χ0v) is 17.4. The van der Waals surface area contributed by atoms with E-state index in [1.165, 1.54) is 0 Å². The highest BCUT2D eigenvalue weighted by molar-refractivity contribution is 5.87. The Morgan fingerprint density at radius 1 is 1.28 bits per heavy atom. The molecule has 2 fully saturated rings. The zero-order chi connectivity index (χ0) is 20.8. The third-order valence-corrected chi connectivity index (χ3v) is 6.98. The van der Waals surface area contributed by atoms with Crippen molar-refractivity contribution in [3.63, 3.8) is 0 Å². The maximum Gasteiger partial charge on any atom is 0.340 e. The Balaban J connectivity index is 1.59. The summed E-state index contributed by atoms with van der Waals surface area (Å²) in [6.07, 6.45) is 4.59. The van der Waals surface area contributed by atoms with Crippen LogP contribution in [0.4, 0.5) is 0 Å². The normalized spacial score (nSPS) is 24.4. The van der Waals surface area contributed by atoms with Crippen molar-refractivity contribution in [2.75, 3.05) is 20.2 Å². The summed E-state index contributed by atoms with van der Waals surface area (Å²) in [6, 6.07) is 3.72. The molecule has 2 aromatic rings. The summed E-state index contributed by atoms with van der Waals surface area (Å²) >= 11 is 0. The SMILES string of the molecule is COc1ccc2c(C)c(CC(=O)N3CCC4(O)CCCCC4C3)c(=O)oc2c1C. The van der Waals surface area contributed by atoms with E-state index in [1.807, 2.05) is 30.9 Å². The molecule has 2 aliphatic rings. The number of piperidine rings is 1. The molecule has 29 heavy (non-hydrogen) atoms. The summed E-state index contributed by atoms with van der Waals surface area (Å²) in [4.78, 5) is 27.5. The van der Waals surface area contributed by atoms with Gasteiger partial charge in [0.25, 0.3) is 0 Å². The van der Waals surface area contributed by atoms with Crippen molar-refractivity contribution in [1.82, 2.24) is 4.90 Å². The molecule has 0 radical (unpaired) electrons. The van der Waals surface area contributed by atoms with Gasteiger partial charge in [-0.25, -0.2) is 4.79 Å². The van der Waals surface area contributed by atoms with E-state index in [-0.39, 0.29) is 18.2 Å². The number of methoxy groups -OCH3 is 1. The Labute approximate surface area is 170 Å². The molecular weight excluding hydrogens is 370 g/mol. The second-order valence-corrected chi connectivity index (χ2v) is 8.58. The van der Waals surface area contributed by atoms with E-state index in [9.17, 15) is 14.7 Å². The smallest absolute Gasteiger partial charge is 0.340 e. The molecule has 0 spiro atoms. The van der Waals surface area contributed by atoms with Crippen LogP contribution >= 0.6 is 0 Å². The zero-order valence-electron chi connectivity index (χ0n) is 17.4. The number of hydrogen-bond acceptors (Lipinski definition) is 5. The van der Waals surface area contributed by atoms with Crippen LogP contribution in [0.3, 0.4) is 0 Å². The molecule has 1 N–H and O–H groups in total. The molecule has 4 rings (SSSR count). The third-order valence-electron chi connectivity index (χ3n) is 6.98. The molecule has 1 aliphatic heterocycles. The molecule has 2 unspecified atom stereocenters. The molecule has 6 heteroatoms. The number of rotatable bonds is 3. The van der Waals surface area contributed by atoms with Gasteiger partial charge in [-0.15, -0.1) is 0 Å². The van der Waals surface area contributed by atoms with Gasteiger partial charge in [0.1, 0.15) is 11.3 Å². The Hall–Kier alpha value is -2.34. The Kier molecular flexibility index (Phi) is 5.15. The van der Waals surface area contributed by atoms with Gasteiger partial charge in [0, 0.05) is 30.0 Å². The average Bonchev–Trinajstić information content (AvgIpc) is 2.71. The maximum absolute atomic E-state index is 13.0. The number of likely N-dealkylation sites (tertiary alicyclic amines) is 1. The van der Waals surface area contributed by atoms with Crippen molar-refractivity contribution >= 4 is 16.9 Å². The van der Waals surface area contributed by atoms with Crippen LogP contribution in [-0.4, -0.2) is 41.7 Å². The van der Waals surface area contributed by atoms with Gasteiger partial charge in [-0.3, -0.25) is 4.79 Å². The minimum atomic E-state index is -0.622. The number of carbonyl (C=O) groups excluding carboxylic acids is 1. The predicted molar refractivity (Wildman–Crippen MR) is 110 cm³/mol. The quantitative estimate of drug-likeness (QED) is 0.802. The highest BCUT2D eigenvalue weighted by Crippen LogP contribution is 2.40. The molecular formula is C23H29NO5. The molecule has 156 valence electrons. The molecule has 1 aromatic heterocycles. The molecule has 1 aliphatic carbocycles. The molecule has 1 aromatic carbocycles. The van der Waals surface area contributed by atoms with Crippen molar-refractivity contribution in [2.45, 2.75) is 58.0 Å². The van der Waals surface area contributed by atoms with E-state index in [4.69, 9.17) is 9.15 Å². The largest absolute Gasteiger partial charge is 0.496 e. The Bertz CT molecular complexity index is 1010. The van der Waals surface area contributed by atoms with E-state index in [1.54, 1.807) is 7.11 Å². The average molecular weight is 399 g/mol. The summed E-state index contributed by atoms with van der Waals surface area (Å²) < 4.78 is 10.9. The molecule has 1 saturated carbocycles. The fraction of sp³-hybridized carbons (Fsp3) is 0.565. The van der Waals surface area contributed by atoms with Gasteiger partial charge in [-0.2, -0.15) is 0 Å². The van der Waals surface area contributed by atoms with Gasteiger partial charge in [-0.1, -0.05) is 12.8 Å². The minimum Gasteiger partial charge on any atom is -0.496 e. The molecule has 6 nitrogen and oxygen atoms in total. The number of hydrogen-bond donors (Lipinski definition) is 1. The fourth-order valence-corrected chi connectivity index (χ4v) is 5.06. The summed E-state index contributed by atoms with van der Waals surface area (Å²) in [5.74, 6) is 0.730. The lowest BCUT2D eigenvalue weighted by Gasteiger charge is -2.47. The number of nitrogens with zero attached hydrogens (tertiary/aromatic N) is 1. The van der Waals surface area contributed by atoms with Crippen LogP contribution in [0.2, 0.25) is 0 Å². The number of carbonyl (C=O) groups is 1. The van der Waals surface area contributed by atoms with Crippen LogP contribution < -0.4 is 10.4 Å². The van der Waals surface area contributed by atoms with Crippen molar-refractivity contribution < 1.29 is 19.1 Å². The first-order chi connectivity index (χ1) is 13.8. The van der Waals surface area contributed by atoms with Crippen LogP contribution in [0.25, 0.3) is 11.0 Å². The molecule has 1 saturated heterocycles. The van der Waals surface area contributed by atoms with Gasteiger partial charge in [0.05, 0.1) is 24.7 Å². The van der Waals surface area contributed by atoms with Crippen LogP contribution in [0, 0.1) is 19.8 Å². The molecule has 0 bridgehead atoms. The van der Waals surface area contributed by atoms with E-state index in [2.05, 4.69) is 0 Å². The first-order valence-corrected chi connectivity index (χ1v) is 10.4. The standard InChI is InChI=1S/C23H29NO5/c1-14-17-7-8-19(28-3)15(2)21(17)29-22(26)18(14)12-20(25)24-11-10-23(27)9-5-4-6-16(23)13-24/h7-8,16,27H,4-6,9-13H2,1-3H3. The van der Waals surface area contributed by atoms with Crippen molar-refractivity contribution in [2.24, 2.45) is 5.92 Å². The minimum absolute atomic E-state index is 0.0281. The Morgan fingerprint density at radius 2 is 2.07 bits per heavy atom. The van der Waals surface area contributed by atoms with Gasteiger partial charge in [0.15, 0.2) is 0 Å². The van der Waals surface area contributed by atoms with Gasteiger partial charge < -0.3 is 19.2 Å². The van der Waals surface area contributed by atoms with Crippen molar-refractivity contribution in [3.8, 4) is 5.75 Å². The number of amides is 1. The Morgan fingerprint density at radius 3 is 2.83 bits per heavy atom. The number of ether oxygens (including phenoxy) is 1. The maximum atomic E-state index is 13.0. The number of benzene rings is 1. The van der Waals surface area contributed by atoms with Crippen molar-refractivity contribution in [3.05, 3.63) is 39.2 Å². The van der Waals surface area contributed by atoms with E-state index in [0.717, 1.165) is 42.2 Å². The van der Waals surface area contributed by atoms with Gasteiger partial charge >= 0.3 is 5.63 Å². The second-order valence-electron chi connectivity index (χ2n) is 8.58. The topological polar surface area (TPSA) is 80.0 Å². The lowest BCUT2D eigenvalue weighted by atomic mass is 9.71. The highest BCUT2D eigenvalue weighted by atomic mass is 16.5. The lowest BCUT2D eigenvalue weighted by Crippen LogP contribution is -2.55. The monoisotopic (exact) mass is 399 g/mol.